The Balaban J connectivity index is 1.58. The first-order valence-corrected chi connectivity index (χ1v) is 8.56. The van der Waals surface area contributed by atoms with E-state index in [1.165, 1.54) is 11.3 Å². The van der Waals surface area contributed by atoms with Gasteiger partial charge in [-0.15, -0.1) is 0 Å². The molecule has 1 saturated heterocycles. The van der Waals surface area contributed by atoms with Crippen LogP contribution in [-0.2, 0) is 9.59 Å². The Morgan fingerprint density at radius 3 is 1.95 bits per heavy atom. The normalized spacial score (nSPS) is 42.2. The van der Waals surface area contributed by atoms with Gasteiger partial charge in [0.2, 0.25) is 11.8 Å². The number of imide groups is 1. The number of anilines is 1. The number of halogens is 1. The van der Waals surface area contributed by atoms with Gasteiger partial charge < -0.3 is 0 Å². The number of carbonyl (C=O) groups is 2. The largest absolute Gasteiger partial charge is 0.274 e. The fourth-order valence-electron chi connectivity index (χ4n) is 4.80. The van der Waals surface area contributed by atoms with Gasteiger partial charge in [0, 0.05) is 3.57 Å². The lowest BCUT2D eigenvalue weighted by Gasteiger charge is -2.37. The van der Waals surface area contributed by atoms with Crippen LogP contribution in [0.4, 0.5) is 5.69 Å². The van der Waals surface area contributed by atoms with Crippen molar-refractivity contribution in [3.63, 3.8) is 0 Å². The SMILES string of the molecule is O=C1[C@@H]2[C@H]3C=C[C@H]([C@@H]4C[C@@H]34)[C@@H]2C(=O)N1c1ccc(I)cc1. The molecule has 4 heteroatoms. The Hall–Kier alpha value is -1.17. The van der Waals surface area contributed by atoms with Gasteiger partial charge in [0.1, 0.15) is 0 Å². The molecule has 1 aromatic rings. The molecule has 4 aliphatic carbocycles. The van der Waals surface area contributed by atoms with Crippen molar-refractivity contribution < 1.29 is 9.59 Å². The predicted molar refractivity (Wildman–Crippen MR) is 86.3 cm³/mol. The summed E-state index contributed by atoms with van der Waals surface area (Å²) >= 11 is 2.23. The summed E-state index contributed by atoms with van der Waals surface area (Å²) in [5.41, 5.74) is 0.730. The van der Waals surface area contributed by atoms with Crippen molar-refractivity contribution in [2.24, 2.45) is 35.5 Å². The first-order valence-electron chi connectivity index (χ1n) is 7.48. The van der Waals surface area contributed by atoms with Crippen LogP contribution in [0.5, 0.6) is 0 Å². The predicted octanol–water partition coefficient (Wildman–Crippen LogP) is 2.85. The van der Waals surface area contributed by atoms with E-state index in [-0.39, 0.29) is 23.7 Å². The number of carbonyl (C=O) groups excluding carboxylic acids is 2. The summed E-state index contributed by atoms with van der Waals surface area (Å²) in [5.74, 6) is 1.77. The fraction of sp³-hybridized carbons (Fsp3) is 0.412. The number of nitrogens with zero attached hydrogens (tertiary/aromatic N) is 1. The highest BCUT2D eigenvalue weighted by molar-refractivity contribution is 14.1. The van der Waals surface area contributed by atoms with E-state index < -0.39 is 0 Å². The molecular weight excluding hydrogens is 377 g/mol. The van der Waals surface area contributed by atoms with Gasteiger partial charge in [-0.05, 0) is 76.9 Å². The quantitative estimate of drug-likeness (QED) is 0.420. The van der Waals surface area contributed by atoms with E-state index in [4.69, 9.17) is 0 Å². The highest BCUT2D eigenvalue weighted by Crippen LogP contribution is 2.65. The van der Waals surface area contributed by atoms with Crippen LogP contribution in [0.2, 0.25) is 0 Å². The van der Waals surface area contributed by atoms with Gasteiger partial charge >= 0.3 is 0 Å². The van der Waals surface area contributed by atoms with Crippen LogP contribution in [0.25, 0.3) is 0 Å². The molecule has 6 rings (SSSR count). The molecule has 1 aliphatic heterocycles. The first-order chi connectivity index (χ1) is 10.2. The Kier molecular flexibility index (Phi) is 2.34. The number of amides is 2. The summed E-state index contributed by atoms with van der Waals surface area (Å²) in [6, 6.07) is 7.65. The Morgan fingerprint density at radius 1 is 0.905 bits per heavy atom. The highest BCUT2D eigenvalue weighted by atomic mass is 127. The number of rotatable bonds is 1. The third-order valence-electron chi connectivity index (χ3n) is 5.75. The van der Waals surface area contributed by atoms with Gasteiger partial charge in [-0.25, -0.2) is 0 Å². The maximum atomic E-state index is 12.9. The molecule has 0 unspecified atom stereocenters. The van der Waals surface area contributed by atoms with E-state index in [1.54, 1.807) is 0 Å². The van der Waals surface area contributed by atoms with Crippen molar-refractivity contribution in [3.8, 4) is 0 Å². The van der Waals surface area contributed by atoms with Crippen LogP contribution in [0.1, 0.15) is 6.42 Å². The van der Waals surface area contributed by atoms with Crippen LogP contribution in [-0.4, -0.2) is 11.8 Å². The Labute approximate surface area is 136 Å². The lowest BCUT2D eigenvalue weighted by Crippen LogP contribution is -2.40. The molecule has 3 nitrogen and oxygen atoms in total. The van der Waals surface area contributed by atoms with E-state index in [0.717, 1.165) is 9.26 Å². The summed E-state index contributed by atoms with van der Waals surface area (Å²) in [5, 5.41) is 0. The highest BCUT2D eigenvalue weighted by Gasteiger charge is 2.67. The molecule has 2 saturated carbocycles. The third-order valence-corrected chi connectivity index (χ3v) is 6.47. The van der Waals surface area contributed by atoms with E-state index >= 15 is 0 Å². The maximum Gasteiger partial charge on any atom is 0.238 e. The lowest BCUT2D eigenvalue weighted by molar-refractivity contribution is -0.124. The molecule has 3 fully saturated rings. The van der Waals surface area contributed by atoms with Gasteiger partial charge in [0.05, 0.1) is 17.5 Å². The van der Waals surface area contributed by atoms with Crippen molar-refractivity contribution >= 4 is 40.1 Å². The van der Waals surface area contributed by atoms with Crippen LogP contribution >= 0.6 is 22.6 Å². The molecular formula is C17H14INO2. The van der Waals surface area contributed by atoms with Crippen molar-refractivity contribution in [2.45, 2.75) is 6.42 Å². The van der Waals surface area contributed by atoms with Crippen LogP contribution < -0.4 is 4.90 Å². The van der Waals surface area contributed by atoms with Gasteiger partial charge in [-0.3, -0.25) is 14.5 Å². The van der Waals surface area contributed by atoms with E-state index in [1.807, 2.05) is 24.3 Å². The zero-order chi connectivity index (χ0) is 14.3. The number of allylic oxidation sites excluding steroid dienone is 2. The number of hydrogen-bond donors (Lipinski definition) is 0. The molecule has 0 N–H and O–H groups in total. The molecule has 1 aromatic carbocycles. The average Bonchev–Trinajstić information content (AvgIpc) is 3.26. The zero-order valence-electron chi connectivity index (χ0n) is 11.3. The summed E-state index contributed by atoms with van der Waals surface area (Å²) < 4.78 is 1.11. The third kappa shape index (κ3) is 1.49. The van der Waals surface area contributed by atoms with Crippen molar-refractivity contribution in [1.29, 1.82) is 0 Å². The van der Waals surface area contributed by atoms with Gasteiger partial charge in [0.15, 0.2) is 0 Å². The molecule has 2 bridgehead atoms. The standard InChI is InChI=1S/C17H14INO2/c18-8-1-3-9(4-2-8)19-16(20)14-10-5-6-11(13-7-12(10)13)15(14)17(19)21/h1-6,10-15H,7H2/t10-,11+,12-,13-,14+,15-/m0/s1. The van der Waals surface area contributed by atoms with E-state index in [0.29, 0.717) is 23.7 Å². The minimum absolute atomic E-state index is 0.0240. The molecule has 21 heavy (non-hydrogen) atoms. The summed E-state index contributed by atoms with van der Waals surface area (Å²) in [6.07, 6.45) is 5.63. The van der Waals surface area contributed by atoms with Crippen molar-refractivity contribution in [3.05, 3.63) is 40.0 Å². The number of benzene rings is 1. The number of hydrogen-bond acceptors (Lipinski definition) is 2. The van der Waals surface area contributed by atoms with Crippen LogP contribution in [0, 0.1) is 39.1 Å². The second kappa shape index (κ2) is 3.97. The molecule has 0 radical (unpaired) electrons. The first kappa shape index (κ1) is 12.4. The summed E-state index contributed by atoms with van der Waals surface area (Å²) in [6.45, 7) is 0. The van der Waals surface area contributed by atoms with E-state index in [2.05, 4.69) is 34.7 Å². The molecule has 2 amide bonds. The smallest absolute Gasteiger partial charge is 0.238 e. The van der Waals surface area contributed by atoms with Gasteiger partial charge in [0.25, 0.3) is 0 Å². The molecule has 106 valence electrons. The molecule has 6 atom stereocenters. The molecule has 0 aromatic heterocycles. The topological polar surface area (TPSA) is 37.4 Å². The molecule has 5 aliphatic rings. The van der Waals surface area contributed by atoms with E-state index in [9.17, 15) is 9.59 Å². The van der Waals surface area contributed by atoms with Crippen LogP contribution in [0.3, 0.4) is 0 Å². The van der Waals surface area contributed by atoms with Gasteiger partial charge in [-0.1, -0.05) is 12.2 Å². The monoisotopic (exact) mass is 391 g/mol. The molecule has 0 spiro atoms. The minimum atomic E-state index is -0.101. The molecule has 1 heterocycles. The minimum Gasteiger partial charge on any atom is -0.274 e. The van der Waals surface area contributed by atoms with Crippen molar-refractivity contribution in [1.82, 2.24) is 0 Å². The Morgan fingerprint density at radius 2 is 1.43 bits per heavy atom. The summed E-state index contributed by atoms with van der Waals surface area (Å²) in [4.78, 5) is 27.2. The van der Waals surface area contributed by atoms with Crippen molar-refractivity contribution in [2.75, 3.05) is 4.90 Å². The zero-order valence-corrected chi connectivity index (χ0v) is 13.4. The van der Waals surface area contributed by atoms with Crippen LogP contribution in [0.15, 0.2) is 36.4 Å². The average molecular weight is 391 g/mol. The second-order valence-corrected chi connectivity index (χ2v) is 7.89. The van der Waals surface area contributed by atoms with Gasteiger partial charge in [-0.2, -0.15) is 0 Å². The lowest BCUT2D eigenvalue weighted by atomic mass is 9.63. The fourth-order valence-corrected chi connectivity index (χ4v) is 5.16. The summed E-state index contributed by atoms with van der Waals surface area (Å²) in [7, 11) is 0. The Bertz CT molecular complexity index is 659. The second-order valence-electron chi connectivity index (χ2n) is 6.64. The maximum absolute atomic E-state index is 12.9.